The smallest absolute Gasteiger partial charge is 0.148 e. The highest BCUT2D eigenvalue weighted by atomic mass is 32.2. The molecule has 0 bridgehead atoms. The predicted molar refractivity (Wildman–Crippen MR) is 59.2 cm³/mol. The maximum Gasteiger partial charge on any atom is 0.148 e. The van der Waals surface area contributed by atoms with E-state index in [1.165, 1.54) is 6.26 Å². The van der Waals surface area contributed by atoms with Gasteiger partial charge in [-0.25, -0.2) is 8.42 Å². The van der Waals surface area contributed by atoms with E-state index in [0.29, 0.717) is 6.54 Å². The summed E-state index contributed by atoms with van der Waals surface area (Å²) in [7, 11) is -2.88. The van der Waals surface area contributed by atoms with Gasteiger partial charge in [-0.15, -0.1) is 0 Å². The Morgan fingerprint density at radius 2 is 2.27 bits per heavy atom. The molecule has 0 saturated carbocycles. The number of sulfone groups is 1. The summed E-state index contributed by atoms with van der Waals surface area (Å²) in [5.74, 6) is 0.411. The van der Waals surface area contributed by atoms with Gasteiger partial charge in [0.25, 0.3) is 0 Å². The van der Waals surface area contributed by atoms with Crippen LogP contribution in [-0.4, -0.2) is 55.9 Å². The Morgan fingerprint density at radius 1 is 1.60 bits per heavy atom. The fourth-order valence-electron chi connectivity index (χ4n) is 1.75. The van der Waals surface area contributed by atoms with E-state index >= 15 is 0 Å². The summed E-state index contributed by atoms with van der Waals surface area (Å²) in [5.41, 5.74) is 0.811. The fourth-order valence-corrected chi connectivity index (χ4v) is 2.34. The van der Waals surface area contributed by atoms with E-state index < -0.39 is 9.84 Å². The Labute approximate surface area is 90.7 Å². The lowest BCUT2D eigenvalue weighted by Crippen LogP contribution is -2.41. The Balaban J connectivity index is 2.42. The highest BCUT2D eigenvalue weighted by molar-refractivity contribution is 7.90. The molecule has 1 saturated heterocycles. The van der Waals surface area contributed by atoms with E-state index in [2.05, 4.69) is 10.1 Å². The highest BCUT2D eigenvalue weighted by Gasteiger charge is 2.22. The number of oxime groups is 1. The molecule has 88 valence electrons. The number of hydrogen-bond acceptors (Lipinski definition) is 5. The Bertz CT molecular complexity index is 337. The van der Waals surface area contributed by atoms with Crippen LogP contribution in [-0.2, 0) is 9.84 Å². The van der Waals surface area contributed by atoms with Gasteiger partial charge in [0.05, 0.1) is 11.5 Å². The van der Waals surface area contributed by atoms with Crippen molar-refractivity contribution in [2.45, 2.75) is 13.3 Å². The van der Waals surface area contributed by atoms with E-state index in [1.54, 1.807) is 0 Å². The number of likely N-dealkylation sites (tertiary alicyclic amines) is 1. The van der Waals surface area contributed by atoms with Crippen molar-refractivity contribution in [3.8, 4) is 0 Å². The maximum atomic E-state index is 11.0. The molecule has 0 aliphatic carbocycles. The summed E-state index contributed by atoms with van der Waals surface area (Å²) in [6.07, 6.45) is 1.97. The van der Waals surface area contributed by atoms with Crippen LogP contribution in [0, 0.1) is 5.92 Å². The zero-order chi connectivity index (χ0) is 11.5. The zero-order valence-corrected chi connectivity index (χ0v) is 10.00. The summed E-state index contributed by atoms with van der Waals surface area (Å²) in [6, 6.07) is 0. The Morgan fingerprint density at radius 3 is 2.73 bits per heavy atom. The van der Waals surface area contributed by atoms with Crippen LogP contribution in [0.2, 0.25) is 0 Å². The fraction of sp³-hybridized carbons (Fsp3) is 0.889. The van der Waals surface area contributed by atoms with Crippen LogP contribution in [0.4, 0.5) is 0 Å². The topological polar surface area (TPSA) is 70.0 Å². The summed E-state index contributed by atoms with van der Waals surface area (Å²) in [6.45, 7) is 4.11. The van der Waals surface area contributed by atoms with Crippen LogP contribution in [0.25, 0.3) is 0 Å². The molecule has 0 aromatic heterocycles. The summed E-state index contributed by atoms with van der Waals surface area (Å²) < 4.78 is 22.0. The second kappa shape index (κ2) is 4.94. The first kappa shape index (κ1) is 12.4. The molecule has 1 heterocycles. The van der Waals surface area contributed by atoms with Gasteiger partial charge in [-0.1, -0.05) is 12.1 Å². The molecule has 0 spiro atoms. The molecular weight excluding hydrogens is 216 g/mol. The average molecular weight is 234 g/mol. The van der Waals surface area contributed by atoms with Crippen molar-refractivity contribution in [3.63, 3.8) is 0 Å². The van der Waals surface area contributed by atoms with Crippen LogP contribution in [0.15, 0.2) is 5.16 Å². The molecule has 1 aliphatic heterocycles. The summed E-state index contributed by atoms with van der Waals surface area (Å²) >= 11 is 0. The first-order valence-electron chi connectivity index (χ1n) is 5.03. The first-order chi connectivity index (χ1) is 6.92. The summed E-state index contributed by atoms with van der Waals surface area (Å²) in [5, 5.41) is 11.9. The lowest BCUT2D eigenvalue weighted by atomic mass is 9.98. The van der Waals surface area contributed by atoms with Crippen molar-refractivity contribution in [2.75, 3.05) is 31.6 Å². The van der Waals surface area contributed by atoms with E-state index in [4.69, 9.17) is 5.21 Å². The second-order valence-electron chi connectivity index (χ2n) is 4.17. The molecular formula is C9H18N2O3S. The SMILES string of the molecule is CC1CN(CCS(C)(=O)=O)CCC1=NO. The molecule has 1 rings (SSSR count). The van der Waals surface area contributed by atoms with Gasteiger partial charge in [0.15, 0.2) is 0 Å². The van der Waals surface area contributed by atoms with E-state index in [9.17, 15) is 8.42 Å². The van der Waals surface area contributed by atoms with Gasteiger partial charge in [0.2, 0.25) is 0 Å². The number of hydrogen-bond donors (Lipinski definition) is 1. The maximum absolute atomic E-state index is 11.0. The normalized spacial score (nSPS) is 27.1. The molecule has 0 aromatic rings. The third-order valence-corrected chi connectivity index (χ3v) is 3.62. The van der Waals surface area contributed by atoms with Crippen molar-refractivity contribution in [2.24, 2.45) is 11.1 Å². The predicted octanol–water partition coefficient (Wildman–Crippen LogP) is 0.203. The largest absolute Gasteiger partial charge is 0.411 e. The molecule has 5 nitrogen and oxygen atoms in total. The molecule has 1 aliphatic rings. The quantitative estimate of drug-likeness (QED) is 0.559. The molecule has 1 unspecified atom stereocenters. The molecule has 0 radical (unpaired) electrons. The minimum absolute atomic E-state index is 0.200. The van der Waals surface area contributed by atoms with Crippen LogP contribution in [0.3, 0.4) is 0 Å². The molecule has 1 atom stereocenters. The monoisotopic (exact) mass is 234 g/mol. The summed E-state index contributed by atoms with van der Waals surface area (Å²) in [4.78, 5) is 2.10. The van der Waals surface area contributed by atoms with Crippen molar-refractivity contribution in [1.29, 1.82) is 0 Å². The Hall–Kier alpha value is -0.620. The van der Waals surface area contributed by atoms with Crippen LogP contribution < -0.4 is 0 Å². The number of piperidine rings is 1. The highest BCUT2D eigenvalue weighted by Crippen LogP contribution is 2.13. The standard InChI is InChI=1S/C9H18N2O3S/c1-8-7-11(4-3-9(8)10-12)5-6-15(2,13)14/h8,12H,3-7H2,1-2H3. The third kappa shape index (κ3) is 4.17. The average Bonchev–Trinajstić information content (AvgIpc) is 2.14. The number of nitrogens with zero attached hydrogens (tertiary/aromatic N) is 2. The Kier molecular flexibility index (Phi) is 4.10. The number of rotatable bonds is 3. The molecule has 15 heavy (non-hydrogen) atoms. The van der Waals surface area contributed by atoms with Crippen LogP contribution in [0.5, 0.6) is 0 Å². The van der Waals surface area contributed by atoms with Crippen molar-refractivity contribution in [1.82, 2.24) is 4.90 Å². The molecule has 0 aromatic carbocycles. The zero-order valence-electron chi connectivity index (χ0n) is 9.18. The van der Waals surface area contributed by atoms with Crippen LogP contribution in [0.1, 0.15) is 13.3 Å². The van der Waals surface area contributed by atoms with Gasteiger partial charge in [0.1, 0.15) is 9.84 Å². The van der Waals surface area contributed by atoms with Gasteiger partial charge in [-0.3, -0.25) is 0 Å². The van der Waals surface area contributed by atoms with Crippen molar-refractivity contribution >= 4 is 15.5 Å². The molecule has 6 heteroatoms. The van der Waals surface area contributed by atoms with E-state index in [-0.39, 0.29) is 11.7 Å². The molecule has 0 amide bonds. The minimum Gasteiger partial charge on any atom is -0.411 e. The van der Waals surface area contributed by atoms with Gasteiger partial charge in [-0.2, -0.15) is 0 Å². The van der Waals surface area contributed by atoms with Crippen LogP contribution >= 0.6 is 0 Å². The molecule has 1 N–H and O–H groups in total. The van der Waals surface area contributed by atoms with Gasteiger partial charge >= 0.3 is 0 Å². The first-order valence-corrected chi connectivity index (χ1v) is 7.09. The van der Waals surface area contributed by atoms with Gasteiger partial charge in [0, 0.05) is 38.2 Å². The minimum atomic E-state index is -2.88. The lowest BCUT2D eigenvalue weighted by Gasteiger charge is -2.31. The van der Waals surface area contributed by atoms with Gasteiger partial charge in [-0.05, 0) is 0 Å². The van der Waals surface area contributed by atoms with Crippen molar-refractivity contribution < 1.29 is 13.6 Å². The second-order valence-corrected chi connectivity index (χ2v) is 6.43. The van der Waals surface area contributed by atoms with Crippen molar-refractivity contribution in [3.05, 3.63) is 0 Å². The van der Waals surface area contributed by atoms with E-state index in [1.807, 2.05) is 6.92 Å². The van der Waals surface area contributed by atoms with E-state index in [0.717, 1.165) is 25.2 Å². The molecule has 1 fully saturated rings. The lowest BCUT2D eigenvalue weighted by molar-refractivity contribution is 0.246. The third-order valence-electron chi connectivity index (χ3n) is 2.69. The van der Waals surface area contributed by atoms with Gasteiger partial charge < -0.3 is 10.1 Å².